The molecule has 21 heavy (non-hydrogen) atoms. The Labute approximate surface area is 122 Å². The van der Waals surface area contributed by atoms with E-state index in [9.17, 15) is 0 Å². The molecule has 2 N–H and O–H groups in total. The van der Waals surface area contributed by atoms with Crippen LogP contribution in [-0.2, 0) is 6.54 Å². The van der Waals surface area contributed by atoms with E-state index >= 15 is 0 Å². The number of hydrogen-bond acceptors (Lipinski definition) is 5. The summed E-state index contributed by atoms with van der Waals surface area (Å²) in [5.41, 5.74) is 6.40. The highest BCUT2D eigenvalue weighted by Gasteiger charge is 2.07. The van der Waals surface area contributed by atoms with Crippen LogP contribution < -0.4 is 5.32 Å². The van der Waals surface area contributed by atoms with Gasteiger partial charge in [0.1, 0.15) is 6.33 Å². The Morgan fingerprint density at radius 1 is 1.24 bits per heavy atom. The van der Waals surface area contributed by atoms with Crippen molar-refractivity contribution in [2.45, 2.75) is 27.3 Å². The minimum absolute atomic E-state index is 0.728. The zero-order chi connectivity index (χ0) is 14.8. The van der Waals surface area contributed by atoms with Gasteiger partial charge in [0.15, 0.2) is 0 Å². The van der Waals surface area contributed by atoms with Crippen LogP contribution in [0.1, 0.15) is 22.5 Å². The monoisotopic (exact) mass is 283 g/mol. The standard InChI is InChI=1S/C14H17N7/c1-9-4-5-12(6-14(9)21-8-16-19-20-21)15-7-13-10(2)17-18-11(13)3/h4-6,8,15H,7H2,1-3H3,(H,17,18). The molecular weight excluding hydrogens is 266 g/mol. The predicted molar refractivity (Wildman–Crippen MR) is 79.3 cm³/mol. The Kier molecular flexibility index (Phi) is 3.39. The number of anilines is 1. The Balaban J connectivity index is 1.82. The molecule has 2 heterocycles. The highest BCUT2D eigenvalue weighted by atomic mass is 15.5. The fraction of sp³-hybridized carbons (Fsp3) is 0.286. The van der Waals surface area contributed by atoms with Crippen LogP contribution in [0.15, 0.2) is 24.5 Å². The van der Waals surface area contributed by atoms with E-state index in [1.807, 2.05) is 32.9 Å². The quantitative estimate of drug-likeness (QED) is 0.764. The summed E-state index contributed by atoms with van der Waals surface area (Å²) >= 11 is 0. The second-order valence-electron chi connectivity index (χ2n) is 5.02. The third kappa shape index (κ3) is 2.62. The maximum Gasteiger partial charge on any atom is 0.143 e. The van der Waals surface area contributed by atoms with Crippen LogP contribution in [0.4, 0.5) is 5.69 Å². The summed E-state index contributed by atoms with van der Waals surface area (Å²) in [5, 5.41) is 21.9. The Morgan fingerprint density at radius 3 is 2.76 bits per heavy atom. The van der Waals surface area contributed by atoms with E-state index in [4.69, 9.17) is 0 Å². The van der Waals surface area contributed by atoms with Crippen molar-refractivity contribution >= 4 is 5.69 Å². The van der Waals surface area contributed by atoms with Gasteiger partial charge in [0.25, 0.3) is 0 Å². The van der Waals surface area contributed by atoms with Crippen molar-refractivity contribution in [1.29, 1.82) is 0 Å². The van der Waals surface area contributed by atoms with E-state index in [2.05, 4.69) is 37.1 Å². The van der Waals surface area contributed by atoms with Crippen molar-refractivity contribution in [3.8, 4) is 5.69 Å². The summed E-state index contributed by atoms with van der Waals surface area (Å²) in [4.78, 5) is 0. The third-order valence-corrected chi connectivity index (χ3v) is 3.55. The van der Waals surface area contributed by atoms with Gasteiger partial charge in [-0.2, -0.15) is 5.10 Å². The van der Waals surface area contributed by atoms with Gasteiger partial charge in [0.05, 0.1) is 11.4 Å². The number of rotatable bonds is 4. The van der Waals surface area contributed by atoms with Crippen molar-refractivity contribution in [2.24, 2.45) is 0 Å². The topological polar surface area (TPSA) is 84.3 Å². The first-order valence-corrected chi connectivity index (χ1v) is 6.73. The van der Waals surface area contributed by atoms with Gasteiger partial charge in [0, 0.05) is 23.5 Å². The summed E-state index contributed by atoms with van der Waals surface area (Å²) < 4.78 is 1.66. The maximum atomic E-state index is 4.21. The van der Waals surface area contributed by atoms with Crippen LogP contribution in [0.5, 0.6) is 0 Å². The fourth-order valence-electron chi connectivity index (χ4n) is 2.26. The van der Waals surface area contributed by atoms with Crippen molar-refractivity contribution in [3.05, 3.63) is 47.0 Å². The number of nitrogens with zero attached hydrogens (tertiary/aromatic N) is 5. The predicted octanol–water partition coefficient (Wildman–Crippen LogP) is 1.92. The summed E-state index contributed by atoms with van der Waals surface area (Å²) in [6, 6.07) is 6.14. The smallest absolute Gasteiger partial charge is 0.143 e. The first-order valence-electron chi connectivity index (χ1n) is 6.73. The number of tetrazole rings is 1. The molecule has 108 valence electrons. The van der Waals surface area contributed by atoms with Gasteiger partial charge in [-0.05, 0) is 48.9 Å². The molecule has 0 unspecified atom stereocenters. The molecule has 0 amide bonds. The van der Waals surface area contributed by atoms with Crippen molar-refractivity contribution in [2.75, 3.05) is 5.32 Å². The maximum absolute atomic E-state index is 4.21. The van der Waals surface area contributed by atoms with E-state index in [0.29, 0.717) is 0 Å². The molecule has 0 atom stereocenters. The number of aromatic amines is 1. The first-order chi connectivity index (χ1) is 10.1. The number of nitrogens with one attached hydrogen (secondary N) is 2. The Morgan fingerprint density at radius 2 is 2.10 bits per heavy atom. The largest absolute Gasteiger partial charge is 0.381 e. The minimum atomic E-state index is 0.728. The van der Waals surface area contributed by atoms with Gasteiger partial charge < -0.3 is 5.32 Å². The van der Waals surface area contributed by atoms with Gasteiger partial charge >= 0.3 is 0 Å². The van der Waals surface area contributed by atoms with E-state index in [1.54, 1.807) is 11.0 Å². The first kappa shape index (κ1) is 13.3. The van der Waals surface area contributed by atoms with E-state index in [1.165, 1.54) is 5.56 Å². The second-order valence-corrected chi connectivity index (χ2v) is 5.02. The van der Waals surface area contributed by atoms with Crippen LogP contribution in [0.3, 0.4) is 0 Å². The molecule has 2 aromatic heterocycles. The third-order valence-electron chi connectivity index (χ3n) is 3.55. The summed E-state index contributed by atoms with van der Waals surface area (Å²) in [6.07, 6.45) is 1.59. The highest BCUT2D eigenvalue weighted by Crippen LogP contribution is 2.19. The molecule has 3 rings (SSSR count). The molecule has 0 bridgehead atoms. The average Bonchev–Trinajstić information content (AvgIpc) is 3.10. The molecule has 0 radical (unpaired) electrons. The van der Waals surface area contributed by atoms with Crippen LogP contribution in [0, 0.1) is 20.8 Å². The minimum Gasteiger partial charge on any atom is -0.381 e. The lowest BCUT2D eigenvalue weighted by Gasteiger charge is -2.10. The lowest BCUT2D eigenvalue weighted by Crippen LogP contribution is -2.04. The van der Waals surface area contributed by atoms with Crippen molar-refractivity contribution in [3.63, 3.8) is 0 Å². The number of benzene rings is 1. The number of hydrogen-bond donors (Lipinski definition) is 2. The molecular formula is C14H17N7. The van der Waals surface area contributed by atoms with E-state index in [0.717, 1.165) is 34.9 Å². The van der Waals surface area contributed by atoms with Crippen LogP contribution in [-0.4, -0.2) is 30.4 Å². The molecule has 0 aliphatic carbocycles. The SMILES string of the molecule is Cc1ccc(NCc2c(C)n[nH]c2C)cc1-n1cnnn1. The molecule has 1 aromatic carbocycles. The van der Waals surface area contributed by atoms with E-state index in [-0.39, 0.29) is 0 Å². The Bertz CT molecular complexity index is 723. The zero-order valence-electron chi connectivity index (χ0n) is 12.3. The lowest BCUT2D eigenvalue weighted by molar-refractivity contribution is 0.785. The average molecular weight is 283 g/mol. The summed E-state index contributed by atoms with van der Waals surface area (Å²) in [6.45, 7) is 6.79. The van der Waals surface area contributed by atoms with Crippen LogP contribution in [0.25, 0.3) is 5.69 Å². The fourth-order valence-corrected chi connectivity index (χ4v) is 2.26. The molecule has 3 aromatic rings. The summed E-state index contributed by atoms with van der Waals surface area (Å²) in [7, 11) is 0. The molecule has 0 saturated heterocycles. The molecule has 0 spiro atoms. The van der Waals surface area contributed by atoms with Gasteiger partial charge in [-0.1, -0.05) is 6.07 Å². The van der Waals surface area contributed by atoms with Crippen molar-refractivity contribution in [1.82, 2.24) is 30.4 Å². The number of aromatic nitrogens is 6. The molecule has 0 fully saturated rings. The Hall–Kier alpha value is -2.70. The van der Waals surface area contributed by atoms with Gasteiger partial charge in [0.2, 0.25) is 0 Å². The molecule has 0 aliphatic heterocycles. The lowest BCUT2D eigenvalue weighted by atomic mass is 10.1. The van der Waals surface area contributed by atoms with Gasteiger partial charge in [-0.3, -0.25) is 5.10 Å². The van der Waals surface area contributed by atoms with Gasteiger partial charge in [-0.15, -0.1) is 5.10 Å². The number of H-pyrrole nitrogens is 1. The zero-order valence-corrected chi connectivity index (χ0v) is 12.3. The van der Waals surface area contributed by atoms with Crippen LogP contribution >= 0.6 is 0 Å². The second kappa shape index (κ2) is 5.35. The molecule has 7 heteroatoms. The molecule has 0 saturated carbocycles. The normalized spacial score (nSPS) is 10.8. The van der Waals surface area contributed by atoms with Crippen molar-refractivity contribution < 1.29 is 0 Å². The molecule has 0 aliphatic rings. The van der Waals surface area contributed by atoms with E-state index < -0.39 is 0 Å². The summed E-state index contributed by atoms with van der Waals surface area (Å²) in [5.74, 6) is 0. The number of aryl methyl sites for hydroxylation is 3. The van der Waals surface area contributed by atoms with Crippen LogP contribution in [0.2, 0.25) is 0 Å². The highest BCUT2D eigenvalue weighted by molar-refractivity contribution is 5.54. The van der Waals surface area contributed by atoms with Gasteiger partial charge in [-0.25, -0.2) is 4.68 Å². The molecule has 7 nitrogen and oxygen atoms in total.